The zero-order valence-electron chi connectivity index (χ0n) is 16.5. The Morgan fingerprint density at radius 3 is 2.24 bits per heavy atom. The molecule has 4 heteroatoms. The maximum Gasteiger partial charge on any atom is 0.255 e. The van der Waals surface area contributed by atoms with Crippen molar-refractivity contribution in [1.29, 1.82) is 0 Å². The number of rotatable bonds is 4. The summed E-state index contributed by atoms with van der Waals surface area (Å²) in [6, 6.07) is 24.6. The van der Waals surface area contributed by atoms with Gasteiger partial charge in [-0.05, 0) is 66.8 Å². The first-order chi connectivity index (χ1) is 14.1. The van der Waals surface area contributed by atoms with E-state index in [1.54, 1.807) is 12.1 Å². The van der Waals surface area contributed by atoms with E-state index in [0.717, 1.165) is 30.5 Å². The standard InChI is InChI=1S/C25H24N2O2/c1-27(25(29)20-11-6-3-7-12-20)23-14-8-13-18-15-16-21(17-22(18)23)26-24(28)19-9-4-2-5-10-19/h2-7,9-12,15-17,23H,8,13-14H2,1H3,(H,26,28). The zero-order chi connectivity index (χ0) is 20.2. The van der Waals surface area contributed by atoms with Crippen molar-refractivity contribution >= 4 is 17.5 Å². The van der Waals surface area contributed by atoms with Crippen LogP contribution >= 0.6 is 0 Å². The number of anilines is 1. The van der Waals surface area contributed by atoms with Crippen LogP contribution in [0.4, 0.5) is 5.69 Å². The number of fused-ring (bicyclic) bond motifs is 1. The molecule has 4 rings (SSSR count). The van der Waals surface area contributed by atoms with Crippen molar-refractivity contribution < 1.29 is 9.59 Å². The number of carbonyl (C=O) groups excluding carboxylic acids is 2. The minimum Gasteiger partial charge on any atom is -0.335 e. The molecule has 0 aromatic heterocycles. The average molecular weight is 384 g/mol. The van der Waals surface area contributed by atoms with Crippen molar-refractivity contribution in [2.75, 3.05) is 12.4 Å². The summed E-state index contributed by atoms with van der Waals surface area (Å²) in [5.41, 5.74) is 4.43. The predicted molar refractivity (Wildman–Crippen MR) is 115 cm³/mol. The van der Waals surface area contributed by atoms with Gasteiger partial charge in [-0.1, -0.05) is 42.5 Å². The molecule has 146 valence electrons. The van der Waals surface area contributed by atoms with Crippen molar-refractivity contribution in [3.63, 3.8) is 0 Å². The highest BCUT2D eigenvalue weighted by atomic mass is 16.2. The van der Waals surface area contributed by atoms with Crippen molar-refractivity contribution in [1.82, 2.24) is 4.90 Å². The number of benzene rings is 3. The van der Waals surface area contributed by atoms with Gasteiger partial charge in [0, 0.05) is 23.9 Å². The Morgan fingerprint density at radius 2 is 1.55 bits per heavy atom. The molecule has 0 aliphatic heterocycles. The number of carbonyl (C=O) groups is 2. The van der Waals surface area contributed by atoms with E-state index in [1.807, 2.05) is 72.6 Å². The fraction of sp³-hybridized carbons (Fsp3) is 0.200. The molecule has 1 N–H and O–H groups in total. The lowest BCUT2D eigenvalue weighted by Crippen LogP contribution is -2.33. The first kappa shape index (κ1) is 18.9. The number of nitrogens with one attached hydrogen (secondary N) is 1. The molecule has 3 aromatic carbocycles. The van der Waals surface area contributed by atoms with E-state index in [9.17, 15) is 9.59 Å². The number of aryl methyl sites for hydroxylation is 1. The topological polar surface area (TPSA) is 49.4 Å². The highest BCUT2D eigenvalue weighted by Gasteiger charge is 2.27. The molecule has 1 aliphatic carbocycles. The van der Waals surface area contributed by atoms with Gasteiger partial charge < -0.3 is 10.2 Å². The molecule has 0 fully saturated rings. The summed E-state index contributed by atoms with van der Waals surface area (Å²) in [4.78, 5) is 27.3. The quantitative estimate of drug-likeness (QED) is 0.681. The second kappa shape index (κ2) is 8.31. The van der Waals surface area contributed by atoms with Gasteiger partial charge in [0.15, 0.2) is 0 Å². The third kappa shape index (κ3) is 4.06. The van der Waals surface area contributed by atoms with E-state index >= 15 is 0 Å². The van der Waals surface area contributed by atoms with Gasteiger partial charge in [0.2, 0.25) is 0 Å². The molecule has 4 nitrogen and oxygen atoms in total. The van der Waals surface area contributed by atoms with Crippen LogP contribution in [0.5, 0.6) is 0 Å². The van der Waals surface area contributed by atoms with Crippen molar-refractivity contribution in [2.45, 2.75) is 25.3 Å². The van der Waals surface area contributed by atoms with E-state index in [1.165, 1.54) is 5.56 Å². The molecule has 1 atom stereocenters. The van der Waals surface area contributed by atoms with E-state index < -0.39 is 0 Å². The molecule has 0 bridgehead atoms. The van der Waals surface area contributed by atoms with E-state index in [0.29, 0.717) is 11.1 Å². The molecular formula is C25H24N2O2. The summed E-state index contributed by atoms with van der Waals surface area (Å²) in [5.74, 6) is -0.117. The van der Waals surface area contributed by atoms with Crippen LogP contribution in [0.15, 0.2) is 78.9 Å². The second-order valence-electron chi connectivity index (χ2n) is 7.42. The SMILES string of the molecule is CN(C(=O)c1ccccc1)C1CCCc2ccc(NC(=O)c3ccccc3)cc21. The predicted octanol–water partition coefficient (Wildman–Crippen LogP) is 5.09. The van der Waals surface area contributed by atoms with E-state index in [-0.39, 0.29) is 17.9 Å². The van der Waals surface area contributed by atoms with Crippen molar-refractivity contribution in [3.05, 3.63) is 101 Å². The Labute approximate surface area is 171 Å². The summed E-state index contributed by atoms with van der Waals surface area (Å²) in [5, 5.41) is 2.99. The third-order valence-electron chi connectivity index (χ3n) is 5.53. The molecule has 2 amide bonds. The van der Waals surface area contributed by atoms with Gasteiger partial charge in [0.05, 0.1) is 6.04 Å². The molecule has 0 heterocycles. The van der Waals surface area contributed by atoms with Crippen molar-refractivity contribution in [2.24, 2.45) is 0 Å². The Morgan fingerprint density at radius 1 is 0.897 bits per heavy atom. The van der Waals surface area contributed by atoms with Gasteiger partial charge in [0.25, 0.3) is 11.8 Å². The van der Waals surface area contributed by atoms with Gasteiger partial charge in [-0.15, -0.1) is 0 Å². The Kier molecular flexibility index (Phi) is 5.43. The molecule has 29 heavy (non-hydrogen) atoms. The summed E-state index contributed by atoms with van der Waals surface area (Å²) >= 11 is 0. The number of amides is 2. The third-order valence-corrected chi connectivity index (χ3v) is 5.53. The summed E-state index contributed by atoms with van der Waals surface area (Å²) in [7, 11) is 1.87. The fourth-order valence-corrected chi connectivity index (χ4v) is 3.97. The molecule has 0 saturated carbocycles. The Balaban J connectivity index is 1.58. The Bertz CT molecular complexity index is 1020. The summed E-state index contributed by atoms with van der Waals surface area (Å²) in [6.45, 7) is 0. The molecule has 1 aliphatic rings. The van der Waals surface area contributed by atoms with Gasteiger partial charge in [0.1, 0.15) is 0 Å². The van der Waals surface area contributed by atoms with E-state index in [4.69, 9.17) is 0 Å². The van der Waals surface area contributed by atoms with E-state index in [2.05, 4.69) is 11.4 Å². The maximum atomic E-state index is 13.0. The highest BCUT2D eigenvalue weighted by Crippen LogP contribution is 2.36. The molecule has 3 aromatic rings. The largest absolute Gasteiger partial charge is 0.335 e. The second-order valence-corrected chi connectivity index (χ2v) is 7.42. The van der Waals surface area contributed by atoms with Crippen LogP contribution in [0.3, 0.4) is 0 Å². The molecule has 0 saturated heterocycles. The molecule has 0 radical (unpaired) electrons. The van der Waals surface area contributed by atoms with Gasteiger partial charge in [-0.2, -0.15) is 0 Å². The molecular weight excluding hydrogens is 360 g/mol. The first-order valence-corrected chi connectivity index (χ1v) is 9.95. The van der Waals surface area contributed by atoms with Crippen LogP contribution in [0.1, 0.15) is 50.7 Å². The highest BCUT2D eigenvalue weighted by molar-refractivity contribution is 6.04. The van der Waals surface area contributed by atoms with Gasteiger partial charge in [-0.3, -0.25) is 9.59 Å². The average Bonchev–Trinajstić information content (AvgIpc) is 2.79. The lowest BCUT2D eigenvalue weighted by atomic mass is 9.86. The van der Waals surface area contributed by atoms with Crippen LogP contribution < -0.4 is 5.32 Å². The zero-order valence-corrected chi connectivity index (χ0v) is 16.5. The summed E-state index contributed by atoms with van der Waals surface area (Å²) < 4.78 is 0. The van der Waals surface area contributed by atoms with Crippen LogP contribution in [-0.2, 0) is 6.42 Å². The first-order valence-electron chi connectivity index (χ1n) is 9.95. The van der Waals surface area contributed by atoms with Crippen molar-refractivity contribution in [3.8, 4) is 0 Å². The van der Waals surface area contributed by atoms with Crippen LogP contribution in [0, 0.1) is 0 Å². The lowest BCUT2D eigenvalue weighted by Gasteiger charge is -2.33. The van der Waals surface area contributed by atoms with Crippen LogP contribution in [0.2, 0.25) is 0 Å². The number of nitrogens with zero attached hydrogens (tertiary/aromatic N) is 1. The monoisotopic (exact) mass is 384 g/mol. The van der Waals surface area contributed by atoms with Gasteiger partial charge in [-0.25, -0.2) is 0 Å². The van der Waals surface area contributed by atoms with Crippen LogP contribution in [0.25, 0.3) is 0 Å². The molecule has 1 unspecified atom stereocenters. The smallest absolute Gasteiger partial charge is 0.255 e. The fourth-order valence-electron chi connectivity index (χ4n) is 3.97. The maximum absolute atomic E-state index is 13.0. The Hall–Kier alpha value is -3.40. The number of hydrogen-bond acceptors (Lipinski definition) is 2. The van der Waals surface area contributed by atoms with Crippen LogP contribution in [-0.4, -0.2) is 23.8 Å². The normalized spacial score (nSPS) is 15.3. The minimum atomic E-state index is -0.133. The number of hydrogen-bond donors (Lipinski definition) is 1. The minimum absolute atomic E-state index is 0.0000310. The lowest BCUT2D eigenvalue weighted by molar-refractivity contribution is 0.0715. The molecule has 0 spiro atoms. The van der Waals surface area contributed by atoms with Gasteiger partial charge >= 0.3 is 0 Å². The summed E-state index contributed by atoms with van der Waals surface area (Å²) in [6.07, 6.45) is 2.95.